The van der Waals surface area contributed by atoms with Gasteiger partial charge in [0.25, 0.3) is 0 Å². The van der Waals surface area contributed by atoms with E-state index in [2.05, 4.69) is 5.32 Å². The van der Waals surface area contributed by atoms with Crippen molar-refractivity contribution in [1.29, 1.82) is 0 Å². The molecule has 1 atom stereocenters. The highest BCUT2D eigenvalue weighted by Crippen LogP contribution is 2.19. The van der Waals surface area contributed by atoms with Crippen LogP contribution in [-0.2, 0) is 4.79 Å². The van der Waals surface area contributed by atoms with Gasteiger partial charge in [0.2, 0.25) is 5.91 Å². The first-order valence-corrected chi connectivity index (χ1v) is 8.27. The summed E-state index contributed by atoms with van der Waals surface area (Å²) >= 11 is 0. The molecule has 0 aliphatic carbocycles. The van der Waals surface area contributed by atoms with Gasteiger partial charge in [0, 0.05) is 31.0 Å². The van der Waals surface area contributed by atoms with E-state index >= 15 is 0 Å². The molecule has 2 aromatic carbocycles. The summed E-state index contributed by atoms with van der Waals surface area (Å²) in [7, 11) is 0. The largest absolute Gasteiger partial charge is 0.356 e. The first-order chi connectivity index (χ1) is 11.6. The van der Waals surface area contributed by atoms with Gasteiger partial charge < -0.3 is 11.1 Å². The lowest BCUT2D eigenvalue weighted by Crippen LogP contribution is -2.29. The van der Waals surface area contributed by atoms with Crippen molar-refractivity contribution in [3.63, 3.8) is 0 Å². The van der Waals surface area contributed by atoms with Crippen LogP contribution >= 0.6 is 12.4 Å². The zero-order valence-electron chi connectivity index (χ0n) is 14.4. The van der Waals surface area contributed by atoms with E-state index in [0.717, 1.165) is 17.5 Å². The van der Waals surface area contributed by atoms with E-state index in [-0.39, 0.29) is 43.0 Å². The van der Waals surface area contributed by atoms with Crippen LogP contribution in [-0.4, -0.2) is 24.3 Å². The Bertz CT molecular complexity index is 670. The number of benzene rings is 2. The highest BCUT2D eigenvalue weighted by atomic mass is 35.5. The van der Waals surface area contributed by atoms with Crippen LogP contribution < -0.4 is 11.1 Å². The summed E-state index contributed by atoms with van der Waals surface area (Å²) in [6.45, 7) is 2.45. The van der Waals surface area contributed by atoms with Gasteiger partial charge in [-0.1, -0.05) is 54.6 Å². The molecule has 0 bridgehead atoms. The predicted molar refractivity (Wildman–Crippen MR) is 104 cm³/mol. The lowest BCUT2D eigenvalue weighted by molar-refractivity contribution is -0.121. The molecule has 0 aromatic heterocycles. The van der Waals surface area contributed by atoms with Crippen LogP contribution in [0, 0.1) is 0 Å². The van der Waals surface area contributed by atoms with Crippen LogP contribution in [0.1, 0.15) is 36.5 Å². The molecule has 134 valence electrons. The highest BCUT2D eigenvalue weighted by molar-refractivity contribution is 5.98. The molecular weight excluding hydrogens is 336 g/mol. The second-order valence-corrected chi connectivity index (χ2v) is 5.98. The van der Waals surface area contributed by atoms with Gasteiger partial charge in [-0.3, -0.25) is 9.59 Å². The monoisotopic (exact) mass is 360 g/mol. The van der Waals surface area contributed by atoms with Crippen molar-refractivity contribution in [3.8, 4) is 11.1 Å². The van der Waals surface area contributed by atoms with Crippen LogP contribution in [0.25, 0.3) is 11.1 Å². The van der Waals surface area contributed by atoms with E-state index in [1.54, 1.807) is 0 Å². The van der Waals surface area contributed by atoms with Gasteiger partial charge in [0.05, 0.1) is 0 Å². The van der Waals surface area contributed by atoms with Gasteiger partial charge in [0.1, 0.15) is 0 Å². The molecule has 1 unspecified atom stereocenters. The van der Waals surface area contributed by atoms with Crippen LogP contribution in [0.3, 0.4) is 0 Å². The fourth-order valence-corrected chi connectivity index (χ4v) is 2.38. The maximum absolute atomic E-state index is 12.2. The van der Waals surface area contributed by atoms with Crippen molar-refractivity contribution in [3.05, 3.63) is 60.2 Å². The number of nitrogens with two attached hydrogens (primary N) is 1. The van der Waals surface area contributed by atoms with E-state index in [1.165, 1.54) is 0 Å². The Labute approximate surface area is 155 Å². The Balaban J connectivity index is 0.00000312. The third kappa shape index (κ3) is 7.08. The normalized spacial score (nSPS) is 11.3. The Morgan fingerprint density at radius 3 is 2.16 bits per heavy atom. The van der Waals surface area contributed by atoms with Gasteiger partial charge in [-0.25, -0.2) is 0 Å². The number of Topliss-reactive ketones (excluding diaryl/α,β-unsaturated/α-hetero) is 1. The molecule has 0 heterocycles. The van der Waals surface area contributed by atoms with E-state index < -0.39 is 0 Å². The molecule has 0 fully saturated rings. The van der Waals surface area contributed by atoms with Gasteiger partial charge >= 0.3 is 0 Å². The molecule has 0 spiro atoms. The molecule has 0 saturated heterocycles. The highest BCUT2D eigenvalue weighted by Gasteiger charge is 2.09. The second kappa shape index (κ2) is 10.6. The van der Waals surface area contributed by atoms with Gasteiger partial charge in [-0.05, 0) is 24.5 Å². The number of halogens is 1. The van der Waals surface area contributed by atoms with Crippen molar-refractivity contribution in [2.24, 2.45) is 5.73 Å². The minimum absolute atomic E-state index is 0. The Hall–Kier alpha value is -2.17. The topological polar surface area (TPSA) is 72.2 Å². The molecule has 5 heteroatoms. The number of carbonyl (C=O) groups excluding carboxylic acids is 2. The predicted octanol–water partition coefficient (Wildman–Crippen LogP) is 3.59. The maximum Gasteiger partial charge on any atom is 0.220 e. The number of amides is 1. The first kappa shape index (κ1) is 20.9. The minimum Gasteiger partial charge on any atom is -0.356 e. The number of nitrogens with one attached hydrogen (secondary N) is 1. The fraction of sp³-hybridized carbons (Fsp3) is 0.300. The lowest BCUT2D eigenvalue weighted by Gasteiger charge is -2.07. The third-order valence-electron chi connectivity index (χ3n) is 3.81. The molecule has 2 aromatic rings. The van der Waals surface area contributed by atoms with Crippen molar-refractivity contribution < 1.29 is 9.59 Å². The third-order valence-corrected chi connectivity index (χ3v) is 3.81. The molecule has 1 amide bonds. The van der Waals surface area contributed by atoms with Crippen molar-refractivity contribution in [2.75, 3.05) is 6.54 Å². The summed E-state index contributed by atoms with van der Waals surface area (Å²) < 4.78 is 0. The smallest absolute Gasteiger partial charge is 0.220 e. The Morgan fingerprint density at radius 1 is 0.960 bits per heavy atom. The van der Waals surface area contributed by atoms with Crippen LogP contribution in [0.5, 0.6) is 0 Å². The zero-order chi connectivity index (χ0) is 17.4. The fourth-order valence-electron chi connectivity index (χ4n) is 2.38. The average Bonchev–Trinajstić information content (AvgIpc) is 2.60. The van der Waals surface area contributed by atoms with E-state index in [0.29, 0.717) is 12.1 Å². The minimum atomic E-state index is -0.107. The molecule has 2 rings (SSSR count). The molecule has 4 nitrogen and oxygen atoms in total. The van der Waals surface area contributed by atoms with Crippen molar-refractivity contribution >= 4 is 24.1 Å². The van der Waals surface area contributed by atoms with Crippen molar-refractivity contribution in [2.45, 2.75) is 32.2 Å². The van der Waals surface area contributed by atoms with E-state index in [4.69, 9.17) is 5.73 Å². The molecule has 0 aliphatic heterocycles. The second-order valence-electron chi connectivity index (χ2n) is 5.98. The number of rotatable bonds is 8. The summed E-state index contributed by atoms with van der Waals surface area (Å²) in [6.07, 6.45) is 1.16. The summed E-state index contributed by atoms with van der Waals surface area (Å²) in [5.74, 6) is -0.123. The molecular formula is C20H25ClN2O2. The maximum atomic E-state index is 12.2. The van der Waals surface area contributed by atoms with Gasteiger partial charge in [0.15, 0.2) is 5.78 Å². The summed E-state index contributed by atoms with van der Waals surface area (Å²) in [5.41, 5.74) is 8.45. The molecule has 0 aliphatic rings. The number of hydrogen-bond acceptors (Lipinski definition) is 3. The molecule has 0 radical (unpaired) electrons. The lowest BCUT2D eigenvalue weighted by atomic mass is 10.0. The number of hydrogen-bond donors (Lipinski definition) is 2. The standard InChI is InChI=1S/C20H24N2O2.ClH/c1-15(21)13-14-22-20(24)12-11-19(23)18-9-7-17(8-10-18)16-5-3-2-4-6-16;/h2-10,15H,11-14,21H2,1H3,(H,22,24);1H. The summed E-state index contributed by atoms with van der Waals surface area (Å²) in [4.78, 5) is 23.9. The van der Waals surface area contributed by atoms with Crippen LogP contribution in [0.4, 0.5) is 0 Å². The average molecular weight is 361 g/mol. The van der Waals surface area contributed by atoms with Gasteiger partial charge in [-0.2, -0.15) is 0 Å². The van der Waals surface area contributed by atoms with Crippen molar-refractivity contribution in [1.82, 2.24) is 5.32 Å². The van der Waals surface area contributed by atoms with E-state index in [1.807, 2.05) is 61.5 Å². The first-order valence-electron chi connectivity index (χ1n) is 8.27. The van der Waals surface area contributed by atoms with E-state index in [9.17, 15) is 9.59 Å². The molecule has 25 heavy (non-hydrogen) atoms. The SMILES string of the molecule is CC(N)CCNC(=O)CCC(=O)c1ccc(-c2ccccc2)cc1.Cl. The summed E-state index contributed by atoms with van der Waals surface area (Å²) in [5, 5.41) is 2.78. The van der Waals surface area contributed by atoms with Crippen LogP contribution in [0.2, 0.25) is 0 Å². The summed E-state index contributed by atoms with van der Waals surface area (Å²) in [6, 6.07) is 17.6. The molecule has 3 N–H and O–H groups in total. The quantitative estimate of drug-likeness (QED) is 0.706. The molecule has 0 saturated carbocycles. The van der Waals surface area contributed by atoms with Crippen LogP contribution in [0.15, 0.2) is 54.6 Å². The number of carbonyl (C=O) groups is 2. The Kier molecular flexibility index (Phi) is 8.89. The Morgan fingerprint density at radius 2 is 1.56 bits per heavy atom. The zero-order valence-corrected chi connectivity index (χ0v) is 15.2. The van der Waals surface area contributed by atoms with Gasteiger partial charge in [-0.15, -0.1) is 12.4 Å². The number of ketones is 1.